The largest absolute Gasteiger partial charge is 0.379 e. The predicted molar refractivity (Wildman–Crippen MR) is 79.1 cm³/mol. The fourth-order valence-corrected chi connectivity index (χ4v) is 3.35. The van der Waals surface area contributed by atoms with E-state index >= 15 is 0 Å². The molecule has 2 aliphatic rings. The Balaban J connectivity index is 1.60. The lowest BCUT2D eigenvalue weighted by Gasteiger charge is -2.38. The summed E-state index contributed by atoms with van der Waals surface area (Å²) in [5.41, 5.74) is 6.17. The third-order valence-electron chi connectivity index (χ3n) is 4.44. The Bertz CT molecular complexity index is 252. The van der Waals surface area contributed by atoms with Gasteiger partial charge in [-0.2, -0.15) is 0 Å². The summed E-state index contributed by atoms with van der Waals surface area (Å²) in [6.45, 7) is 9.97. The Hall–Kier alpha value is -0.160. The van der Waals surface area contributed by atoms with Crippen molar-refractivity contribution in [2.24, 2.45) is 5.73 Å². The lowest BCUT2D eigenvalue weighted by molar-refractivity contribution is 0.0611. The smallest absolute Gasteiger partial charge is 0.0574 e. The van der Waals surface area contributed by atoms with Crippen LogP contribution in [0, 0.1) is 0 Å². The zero-order valence-corrected chi connectivity index (χ0v) is 12.7. The van der Waals surface area contributed by atoms with Gasteiger partial charge in [0.2, 0.25) is 0 Å². The number of nitrogens with two attached hydrogens (primary N) is 1. The van der Waals surface area contributed by atoms with Gasteiger partial charge in [0.1, 0.15) is 0 Å². The summed E-state index contributed by atoms with van der Waals surface area (Å²) >= 11 is 0. The first-order valence-electron chi connectivity index (χ1n) is 8.02. The van der Waals surface area contributed by atoms with E-state index < -0.39 is 0 Å². The van der Waals surface area contributed by atoms with Crippen molar-refractivity contribution in [1.82, 2.24) is 9.80 Å². The normalized spacial score (nSPS) is 27.5. The molecule has 0 aromatic carbocycles. The molecule has 0 aromatic rings. The fourth-order valence-electron chi connectivity index (χ4n) is 3.35. The number of likely N-dealkylation sites (tertiary alicyclic amines) is 2. The van der Waals surface area contributed by atoms with Crippen LogP contribution in [-0.2, 0) is 4.74 Å². The molecule has 2 rings (SSSR count). The molecule has 4 nitrogen and oxygen atoms in total. The first-order valence-corrected chi connectivity index (χ1v) is 8.02. The first-order chi connectivity index (χ1) is 9.16. The molecular formula is C15H31N3O. The summed E-state index contributed by atoms with van der Waals surface area (Å²) in [5, 5.41) is 0. The van der Waals surface area contributed by atoms with Crippen LogP contribution in [0.1, 0.15) is 46.0 Å². The van der Waals surface area contributed by atoms with Crippen molar-refractivity contribution in [2.45, 2.75) is 64.3 Å². The molecule has 2 fully saturated rings. The van der Waals surface area contributed by atoms with Crippen molar-refractivity contribution in [3.05, 3.63) is 0 Å². The van der Waals surface area contributed by atoms with Crippen molar-refractivity contribution in [3.8, 4) is 0 Å². The topological polar surface area (TPSA) is 41.7 Å². The molecule has 19 heavy (non-hydrogen) atoms. The third kappa shape index (κ3) is 4.71. The molecule has 2 N–H and O–H groups in total. The van der Waals surface area contributed by atoms with Crippen molar-refractivity contribution in [1.29, 1.82) is 0 Å². The molecule has 2 saturated heterocycles. The summed E-state index contributed by atoms with van der Waals surface area (Å²) in [6.07, 6.45) is 6.91. The molecule has 112 valence electrons. The van der Waals surface area contributed by atoms with Gasteiger partial charge in [0.05, 0.1) is 12.3 Å². The molecule has 2 heterocycles. The van der Waals surface area contributed by atoms with E-state index in [1.54, 1.807) is 0 Å². The number of rotatable bonds is 6. The van der Waals surface area contributed by atoms with Crippen LogP contribution < -0.4 is 5.73 Å². The molecule has 0 radical (unpaired) electrons. The SMILES string of the molecule is CC(C)OCCCN1CCC(N2CCC[C@@H]2N)CC1. The second-order valence-electron chi connectivity index (χ2n) is 6.29. The molecule has 4 heteroatoms. The van der Waals surface area contributed by atoms with Gasteiger partial charge in [0.15, 0.2) is 0 Å². The van der Waals surface area contributed by atoms with Crippen LogP contribution in [0.4, 0.5) is 0 Å². The highest BCUT2D eigenvalue weighted by Gasteiger charge is 2.30. The highest BCUT2D eigenvalue weighted by Crippen LogP contribution is 2.23. The minimum Gasteiger partial charge on any atom is -0.379 e. The van der Waals surface area contributed by atoms with E-state index in [9.17, 15) is 0 Å². The van der Waals surface area contributed by atoms with Crippen molar-refractivity contribution < 1.29 is 4.74 Å². The van der Waals surface area contributed by atoms with Crippen molar-refractivity contribution in [3.63, 3.8) is 0 Å². The van der Waals surface area contributed by atoms with E-state index in [4.69, 9.17) is 10.5 Å². The number of piperidine rings is 1. The summed E-state index contributed by atoms with van der Waals surface area (Å²) in [4.78, 5) is 5.13. The third-order valence-corrected chi connectivity index (χ3v) is 4.44. The Kier molecular flexibility index (Phi) is 6.07. The Labute approximate surface area is 118 Å². The first kappa shape index (κ1) is 15.2. The Morgan fingerprint density at radius 2 is 1.89 bits per heavy atom. The van der Waals surface area contributed by atoms with Gasteiger partial charge < -0.3 is 15.4 Å². The van der Waals surface area contributed by atoms with Crippen LogP contribution in [0.15, 0.2) is 0 Å². The average molecular weight is 269 g/mol. The van der Waals surface area contributed by atoms with E-state index in [1.165, 1.54) is 51.9 Å². The molecule has 0 bridgehead atoms. The monoisotopic (exact) mass is 269 g/mol. The molecule has 0 amide bonds. The van der Waals surface area contributed by atoms with Gasteiger partial charge >= 0.3 is 0 Å². The van der Waals surface area contributed by atoms with Crippen LogP contribution in [0.5, 0.6) is 0 Å². The van der Waals surface area contributed by atoms with Gasteiger partial charge in [-0.25, -0.2) is 0 Å². The molecule has 0 aromatic heterocycles. The second-order valence-corrected chi connectivity index (χ2v) is 6.29. The van der Waals surface area contributed by atoms with Crippen molar-refractivity contribution in [2.75, 3.05) is 32.8 Å². The molecule has 2 aliphatic heterocycles. The molecule has 0 spiro atoms. The van der Waals surface area contributed by atoms with Gasteiger partial charge in [-0.05, 0) is 59.0 Å². The molecule has 0 saturated carbocycles. The zero-order chi connectivity index (χ0) is 13.7. The maximum absolute atomic E-state index is 6.17. The molecular weight excluding hydrogens is 238 g/mol. The van der Waals surface area contributed by atoms with Gasteiger partial charge in [0, 0.05) is 25.7 Å². The van der Waals surface area contributed by atoms with Gasteiger partial charge in [-0.15, -0.1) is 0 Å². The van der Waals surface area contributed by atoms with Crippen LogP contribution in [0.3, 0.4) is 0 Å². The minimum absolute atomic E-state index is 0.330. The Morgan fingerprint density at radius 1 is 1.16 bits per heavy atom. The number of nitrogens with zero attached hydrogens (tertiary/aromatic N) is 2. The van der Waals surface area contributed by atoms with E-state index in [1.807, 2.05) is 0 Å². The fraction of sp³-hybridized carbons (Fsp3) is 1.00. The number of hydrogen-bond donors (Lipinski definition) is 1. The summed E-state index contributed by atoms with van der Waals surface area (Å²) in [5.74, 6) is 0. The van der Waals surface area contributed by atoms with Crippen LogP contribution >= 0.6 is 0 Å². The van der Waals surface area contributed by atoms with Crippen LogP contribution in [0.25, 0.3) is 0 Å². The number of hydrogen-bond acceptors (Lipinski definition) is 4. The van der Waals surface area contributed by atoms with Gasteiger partial charge in [0.25, 0.3) is 0 Å². The quantitative estimate of drug-likeness (QED) is 0.745. The van der Waals surface area contributed by atoms with Crippen LogP contribution in [0.2, 0.25) is 0 Å². The highest BCUT2D eigenvalue weighted by molar-refractivity contribution is 4.85. The lowest BCUT2D eigenvalue weighted by atomic mass is 10.0. The second kappa shape index (κ2) is 7.58. The van der Waals surface area contributed by atoms with E-state index in [-0.39, 0.29) is 0 Å². The zero-order valence-electron chi connectivity index (χ0n) is 12.7. The van der Waals surface area contributed by atoms with Gasteiger partial charge in [-0.3, -0.25) is 4.90 Å². The summed E-state index contributed by atoms with van der Waals surface area (Å²) in [7, 11) is 0. The van der Waals surface area contributed by atoms with Crippen LogP contribution in [-0.4, -0.2) is 60.9 Å². The average Bonchev–Trinajstić information content (AvgIpc) is 2.81. The highest BCUT2D eigenvalue weighted by atomic mass is 16.5. The minimum atomic E-state index is 0.330. The molecule has 1 atom stereocenters. The lowest BCUT2D eigenvalue weighted by Crippen LogP contribution is -2.49. The van der Waals surface area contributed by atoms with Crippen molar-refractivity contribution >= 4 is 0 Å². The molecule has 0 unspecified atom stereocenters. The maximum atomic E-state index is 6.17. The van der Waals surface area contributed by atoms with E-state index in [2.05, 4.69) is 23.6 Å². The van der Waals surface area contributed by atoms with E-state index in [0.717, 1.165) is 19.1 Å². The summed E-state index contributed by atoms with van der Waals surface area (Å²) in [6, 6.07) is 0.737. The summed E-state index contributed by atoms with van der Waals surface area (Å²) < 4.78 is 5.60. The standard InChI is InChI=1S/C15H31N3O/c1-13(2)19-12-4-8-17-10-6-14(7-11-17)18-9-3-5-15(18)16/h13-15H,3-12,16H2,1-2H3/t15-/m1/s1. The van der Waals surface area contributed by atoms with E-state index in [0.29, 0.717) is 12.3 Å². The number of ether oxygens (including phenoxy) is 1. The molecule has 0 aliphatic carbocycles. The van der Waals surface area contributed by atoms with Gasteiger partial charge in [-0.1, -0.05) is 0 Å². The predicted octanol–water partition coefficient (Wildman–Crippen LogP) is 1.65. The Morgan fingerprint density at radius 3 is 2.47 bits per heavy atom. The maximum Gasteiger partial charge on any atom is 0.0574 e.